The fourth-order valence-electron chi connectivity index (χ4n) is 1.85. The van der Waals surface area contributed by atoms with E-state index in [4.69, 9.17) is 19.3 Å². The van der Waals surface area contributed by atoms with Gasteiger partial charge in [-0.2, -0.15) is 0 Å². The third kappa shape index (κ3) is 5.30. The van der Waals surface area contributed by atoms with Crippen molar-refractivity contribution in [3.05, 3.63) is 12.3 Å². The van der Waals surface area contributed by atoms with Crippen LogP contribution in [0.1, 0.15) is 26.7 Å². The first-order valence-corrected chi connectivity index (χ1v) is 6.21. The van der Waals surface area contributed by atoms with E-state index in [0.29, 0.717) is 6.61 Å². The molecule has 1 aliphatic heterocycles. The van der Waals surface area contributed by atoms with Crippen molar-refractivity contribution >= 4 is 11.9 Å². The number of esters is 2. The summed E-state index contributed by atoms with van der Waals surface area (Å²) in [7, 11) is 0. The molecule has 1 heterocycles. The lowest BCUT2D eigenvalue weighted by Gasteiger charge is -2.20. The molecule has 0 radical (unpaired) electrons. The van der Waals surface area contributed by atoms with Crippen LogP contribution in [0.15, 0.2) is 12.3 Å². The van der Waals surface area contributed by atoms with E-state index < -0.39 is 18.2 Å². The summed E-state index contributed by atoms with van der Waals surface area (Å²) in [6.45, 7) is 7.03. The minimum atomic E-state index is -0.445. The van der Waals surface area contributed by atoms with E-state index in [9.17, 15) is 9.59 Å². The van der Waals surface area contributed by atoms with Gasteiger partial charge in [-0.3, -0.25) is 9.59 Å². The third-order valence-electron chi connectivity index (χ3n) is 2.83. The zero-order chi connectivity index (χ0) is 14.4. The topological polar surface area (TPSA) is 82.1 Å². The van der Waals surface area contributed by atoms with Crippen molar-refractivity contribution in [1.82, 2.24) is 0 Å². The monoisotopic (exact) mass is 272 g/mol. The molecule has 1 saturated heterocycles. The van der Waals surface area contributed by atoms with Gasteiger partial charge in [0.15, 0.2) is 0 Å². The molecule has 0 spiro atoms. The number of hydrogen-bond donors (Lipinski definition) is 1. The van der Waals surface area contributed by atoms with Crippen molar-refractivity contribution in [1.29, 1.82) is 0 Å². The molecule has 3 unspecified atom stereocenters. The molecule has 6 heteroatoms. The smallest absolute Gasteiger partial charge is 0.306 e. The van der Waals surface area contributed by atoms with Gasteiger partial charge in [0.05, 0.1) is 18.8 Å². The molecule has 3 atom stereocenters. The van der Waals surface area contributed by atoms with Gasteiger partial charge in [0.25, 0.3) is 0 Å². The number of carbonyl (C=O) groups excluding carboxylic acids is 2. The summed E-state index contributed by atoms with van der Waals surface area (Å²) in [5, 5.41) is 8.87. The molecule has 19 heavy (non-hydrogen) atoms. The fourth-order valence-corrected chi connectivity index (χ4v) is 1.85. The number of hydrogen-bond acceptors (Lipinski definition) is 6. The molecule has 0 aromatic heterocycles. The van der Waals surface area contributed by atoms with E-state index in [1.54, 1.807) is 0 Å². The van der Waals surface area contributed by atoms with Crippen molar-refractivity contribution < 1.29 is 28.9 Å². The van der Waals surface area contributed by atoms with Crippen LogP contribution < -0.4 is 0 Å². The number of ether oxygens (including phenoxy) is 3. The lowest BCUT2D eigenvalue weighted by Crippen LogP contribution is -2.34. The molecule has 0 amide bonds. The van der Waals surface area contributed by atoms with Crippen LogP contribution in [-0.2, 0) is 23.8 Å². The average molecular weight is 272 g/mol. The maximum Gasteiger partial charge on any atom is 0.306 e. The predicted octanol–water partition coefficient (Wildman–Crippen LogP) is 1.35. The molecule has 0 aliphatic carbocycles. The second-order valence-electron chi connectivity index (χ2n) is 4.67. The lowest BCUT2D eigenvalue weighted by molar-refractivity contribution is -0.156. The van der Waals surface area contributed by atoms with Gasteiger partial charge in [-0.05, 0) is 0 Å². The Hall–Kier alpha value is -1.56. The van der Waals surface area contributed by atoms with E-state index in [0.717, 1.165) is 0 Å². The van der Waals surface area contributed by atoms with Crippen LogP contribution in [0, 0.1) is 5.92 Å². The Kier molecular flexibility index (Phi) is 5.82. The van der Waals surface area contributed by atoms with Crippen LogP contribution >= 0.6 is 0 Å². The van der Waals surface area contributed by atoms with E-state index in [2.05, 4.69) is 6.58 Å². The van der Waals surface area contributed by atoms with Crippen LogP contribution in [0.4, 0.5) is 0 Å². The van der Waals surface area contributed by atoms with E-state index >= 15 is 0 Å². The molecule has 1 N–H and O–H groups in total. The number of aliphatic hydroxyl groups excluding tert-OH is 1. The van der Waals surface area contributed by atoms with Crippen molar-refractivity contribution in [2.45, 2.75) is 38.9 Å². The first-order chi connectivity index (χ1) is 8.90. The number of aliphatic hydroxyl groups is 1. The molecular formula is C13H20O6. The minimum Gasteiger partial charge on any atom is -0.513 e. The molecule has 1 rings (SSSR count). The van der Waals surface area contributed by atoms with Gasteiger partial charge in [0, 0.05) is 19.3 Å². The third-order valence-corrected chi connectivity index (χ3v) is 2.83. The maximum absolute atomic E-state index is 11.4. The highest BCUT2D eigenvalue weighted by atomic mass is 16.6. The van der Waals surface area contributed by atoms with Crippen molar-refractivity contribution in [2.24, 2.45) is 5.92 Å². The number of carbonyl (C=O) groups is 2. The summed E-state index contributed by atoms with van der Waals surface area (Å²) in [6.07, 6.45) is -0.581. The summed E-state index contributed by atoms with van der Waals surface area (Å²) in [4.78, 5) is 22.4. The van der Waals surface area contributed by atoms with Crippen LogP contribution in [0.25, 0.3) is 0 Å². The van der Waals surface area contributed by atoms with Gasteiger partial charge >= 0.3 is 11.9 Å². The summed E-state index contributed by atoms with van der Waals surface area (Å²) in [5.74, 6) is -0.805. The van der Waals surface area contributed by atoms with Gasteiger partial charge in [-0.15, -0.1) is 0 Å². The highest BCUT2D eigenvalue weighted by Crippen LogP contribution is 2.23. The van der Waals surface area contributed by atoms with Gasteiger partial charge in [0.2, 0.25) is 0 Å². The zero-order valence-electron chi connectivity index (χ0n) is 11.3. The van der Waals surface area contributed by atoms with Crippen LogP contribution in [0.3, 0.4) is 0 Å². The zero-order valence-corrected chi connectivity index (χ0v) is 11.3. The molecule has 1 aliphatic rings. The Balaban J connectivity index is 2.36. The van der Waals surface area contributed by atoms with Crippen LogP contribution in [-0.4, -0.2) is 42.5 Å². The Morgan fingerprint density at radius 1 is 1.42 bits per heavy atom. The van der Waals surface area contributed by atoms with Crippen LogP contribution in [0.2, 0.25) is 0 Å². The molecule has 6 nitrogen and oxygen atoms in total. The minimum absolute atomic E-state index is 0.0407. The lowest BCUT2D eigenvalue weighted by atomic mass is 10.0. The fraction of sp³-hybridized carbons (Fsp3) is 0.692. The molecule has 0 saturated carbocycles. The molecule has 0 aromatic carbocycles. The second-order valence-corrected chi connectivity index (χ2v) is 4.67. The van der Waals surface area contributed by atoms with E-state index in [1.807, 2.05) is 6.92 Å². The largest absolute Gasteiger partial charge is 0.513 e. The quantitative estimate of drug-likeness (QED) is 0.580. The second kappa shape index (κ2) is 7.13. The van der Waals surface area contributed by atoms with Crippen molar-refractivity contribution in [2.75, 3.05) is 13.2 Å². The van der Waals surface area contributed by atoms with Gasteiger partial charge < -0.3 is 19.3 Å². The SMILES string of the molecule is C=C(O)CCC(=O)OCC1OCC(C)C1OC(C)=O. The Morgan fingerprint density at radius 3 is 2.68 bits per heavy atom. The highest BCUT2D eigenvalue weighted by Gasteiger charge is 2.37. The van der Waals surface area contributed by atoms with Gasteiger partial charge in [0.1, 0.15) is 18.8 Å². The van der Waals surface area contributed by atoms with Crippen LogP contribution in [0.5, 0.6) is 0 Å². The summed E-state index contributed by atoms with van der Waals surface area (Å²) >= 11 is 0. The Labute approximate surface area is 112 Å². The molecule has 1 fully saturated rings. The highest BCUT2D eigenvalue weighted by molar-refractivity contribution is 5.69. The average Bonchev–Trinajstić information content (AvgIpc) is 2.65. The first kappa shape index (κ1) is 15.5. The summed E-state index contributed by atoms with van der Waals surface area (Å²) in [6, 6.07) is 0. The first-order valence-electron chi connectivity index (χ1n) is 6.21. The Morgan fingerprint density at radius 2 is 2.11 bits per heavy atom. The Bertz CT molecular complexity index is 351. The molecular weight excluding hydrogens is 252 g/mol. The number of rotatable bonds is 6. The summed E-state index contributed by atoms with van der Waals surface area (Å²) < 4.78 is 15.6. The molecule has 0 bridgehead atoms. The summed E-state index contributed by atoms with van der Waals surface area (Å²) in [5.41, 5.74) is 0. The normalized spacial score (nSPS) is 25.9. The number of allylic oxidation sites excluding steroid dienone is 1. The molecule has 108 valence electrons. The molecule has 0 aromatic rings. The standard InChI is InChI=1S/C13H20O6/c1-8-6-17-11(13(8)19-10(3)15)7-18-12(16)5-4-9(2)14/h8,11,13-14H,2,4-7H2,1,3H3. The van der Waals surface area contributed by atoms with Gasteiger partial charge in [-0.25, -0.2) is 0 Å². The van der Waals surface area contributed by atoms with Crippen molar-refractivity contribution in [3.8, 4) is 0 Å². The maximum atomic E-state index is 11.4. The van der Waals surface area contributed by atoms with Crippen molar-refractivity contribution in [3.63, 3.8) is 0 Å². The predicted molar refractivity (Wildman–Crippen MR) is 66.4 cm³/mol. The van der Waals surface area contributed by atoms with E-state index in [1.165, 1.54) is 6.92 Å². The van der Waals surface area contributed by atoms with Gasteiger partial charge in [-0.1, -0.05) is 13.5 Å². The van der Waals surface area contributed by atoms with E-state index in [-0.39, 0.29) is 37.1 Å².